The van der Waals surface area contributed by atoms with E-state index in [4.69, 9.17) is 4.74 Å². The number of ether oxygens (including phenoxy) is 1. The van der Waals surface area contributed by atoms with Crippen molar-refractivity contribution in [3.8, 4) is 28.8 Å². The second-order valence-electron chi connectivity index (χ2n) is 5.63. The summed E-state index contributed by atoms with van der Waals surface area (Å²) in [6.45, 7) is 1.75. The molecule has 0 spiro atoms. The van der Waals surface area contributed by atoms with Crippen molar-refractivity contribution < 1.29 is 9.84 Å². The van der Waals surface area contributed by atoms with Crippen LogP contribution in [0.4, 0.5) is 5.95 Å². The van der Waals surface area contributed by atoms with E-state index in [0.29, 0.717) is 17.0 Å². The Labute approximate surface area is 156 Å². The predicted octanol–water partition coefficient (Wildman–Crippen LogP) is 3.57. The zero-order valence-corrected chi connectivity index (χ0v) is 14.8. The molecular formula is C20H17N5O2. The molecule has 3 aromatic rings. The van der Waals surface area contributed by atoms with Crippen molar-refractivity contribution in [2.45, 2.75) is 6.92 Å². The molecule has 0 aliphatic rings. The second kappa shape index (κ2) is 7.97. The number of aromatic hydroxyl groups is 1. The number of phenols is 1. The van der Waals surface area contributed by atoms with Crippen molar-refractivity contribution in [1.82, 2.24) is 9.97 Å². The first-order valence-electron chi connectivity index (χ1n) is 8.13. The van der Waals surface area contributed by atoms with E-state index in [1.165, 1.54) is 0 Å². The number of benzene rings is 2. The highest BCUT2D eigenvalue weighted by Crippen LogP contribution is 2.22. The number of hydrogen-bond donors (Lipinski definition) is 2. The SMILES string of the molecule is COc1ccc(-c2cc(C#N)nc(N/N=C(/C)c3ccccc3O)n2)cc1. The maximum absolute atomic E-state index is 9.90. The molecule has 0 aliphatic heterocycles. The Kier molecular flexibility index (Phi) is 5.28. The molecular weight excluding hydrogens is 342 g/mol. The third-order valence-electron chi connectivity index (χ3n) is 3.84. The van der Waals surface area contributed by atoms with Gasteiger partial charge in [-0.15, -0.1) is 0 Å². The third kappa shape index (κ3) is 4.19. The second-order valence-corrected chi connectivity index (χ2v) is 5.63. The lowest BCUT2D eigenvalue weighted by Gasteiger charge is -2.07. The topological polar surface area (TPSA) is 103 Å². The number of aromatic nitrogens is 2. The number of phenolic OH excluding ortho intramolecular Hbond substituents is 1. The summed E-state index contributed by atoms with van der Waals surface area (Å²) in [7, 11) is 1.60. The summed E-state index contributed by atoms with van der Waals surface area (Å²) < 4.78 is 5.15. The summed E-state index contributed by atoms with van der Waals surface area (Å²) in [6, 6.07) is 17.8. The molecule has 0 bridgehead atoms. The number of nitrogens with zero attached hydrogens (tertiary/aromatic N) is 4. The van der Waals surface area contributed by atoms with Crippen LogP contribution in [0.15, 0.2) is 59.7 Å². The van der Waals surface area contributed by atoms with Gasteiger partial charge in [0.25, 0.3) is 0 Å². The number of hydrazone groups is 1. The van der Waals surface area contributed by atoms with Crippen molar-refractivity contribution >= 4 is 11.7 Å². The number of nitrogens with one attached hydrogen (secondary N) is 1. The first-order chi connectivity index (χ1) is 13.1. The van der Waals surface area contributed by atoms with Crippen molar-refractivity contribution in [3.05, 3.63) is 65.9 Å². The summed E-state index contributed by atoms with van der Waals surface area (Å²) in [5.74, 6) is 1.05. The van der Waals surface area contributed by atoms with Gasteiger partial charge in [0.15, 0.2) is 0 Å². The molecule has 0 saturated carbocycles. The highest BCUT2D eigenvalue weighted by atomic mass is 16.5. The first-order valence-corrected chi connectivity index (χ1v) is 8.13. The molecule has 0 fully saturated rings. The van der Waals surface area contributed by atoms with Gasteiger partial charge in [-0.3, -0.25) is 0 Å². The maximum Gasteiger partial charge on any atom is 0.245 e. The van der Waals surface area contributed by atoms with Crippen LogP contribution in [0.3, 0.4) is 0 Å². The Bertz CT molecular complexity index is 1020. The van der Waals surface area contributed by atoms with Crippen molar-refractivity contribution in [1.29, 1.82) is 5.26 Å². The van der Waals surface area contributed by atoms with Crippen LogP contribution in [-0.4, -0.2) is 27.9 Å². The van der Waals surface area contributed by atoms with Crippen molar-refractivity contribution in [3.63, 3.8) is 0 Å². The standard InChI is InChI=1S/C20H17N5O2/c1-13(17-5-3-4-6-19(17)26)24-25-20-22-15(12-21)11-18(23-20)14-7-9-16(27-2)10-8-14/h3-11,26H,1-2H3,(H,22,23,25)/b24-13-. The van der Waals surface area contributed by atoms with Crippen molar-refractivity contribution in [2.75, 3.05) is 12.5 Å². The molecule has 3 rings (SSSR count). The molecule has 0 radical (unpaired) electrons. The van der Waals surface area contributed by atoms with E-state index in [1.807, 2.05) is 36.4 Å². The molecule has 7 heteroatoms. The average molecular weight is 359 g/mol. The number of anilines is 1. The lowest BCUT2D eigenvalue weighted by Crippen LogP contribution is -2.04. The molecule has 134 valence electrons. The van der Waals surface area contributed by atoms with Gasteiger partial charge in [-0.25, -0.2) is 15.4 Å². The summed E-state index contributed by atoms with van der Waals surface area (Å²) >= 11 is 0. The highest BCUT2D eigenvalue weighted by Gasteiger charge is 2.08. The lowest BCUT2D eigenvalue weighted by atomic mass is 10.1. The number of para-hydroxylation sites is 1. The van der Waals surface area contributed by atoms with E-state index in [9.17, 15) is 10.4 Å². The van der Waals surface area contributed by atoms with Gasteiger partial charge in [0.05, 0.1) is 18.5 Å². The van der Waals surface area contributed by atoms with Gasteiger partial charge < -0.3 is 9.84 Å². The normalized spacial score (nSPS) is 10.9. The van der Waals surface area contributed by atoms with Crippen LogP contribution < -0.4 is 10.2 Å². The molecule has 0 aliphatic carbocycles. The molecule has 1 heterocycles. The van der Waals surface area contributed by atoms with Gasteiger partial charge in [-0.1, -0.05) is 12.1 Å². The number of nitriles is 1. The largest absolute Gasteiger partial charge is 0.507 e. The van der Waals surface area contributed by atoms with E-state index < -0.39 is 0 Å². The number of methoxy groups -OCH3 is 1. The van der Waals surface area contributed by atoms with Crippen LogP contribution in [-0.2, 0) is 0 Å². The smallest absolute Gasteiger partial charge is 0.245 e. The number of hydrogen-bond acceptors (Lipinski definition) is 7. The number of rotatable bonds is 5. The van der Waals surface area contributed by atoms with Crippen LogP contribution in [0.1, 0.15) is 18.2 Å². The Balaban J connectivity index is 1.90. The fourth-order valence-corrected chi connectivity index (χ4v) is 2.44. The van der Waals surface area contributed by atoms with Gasteiger partial charge in [0.2, 0.25) is 5.95 Å². The molecule has 0 atom stereocenters. The van der Waals surface area contributed by atoms with Crippen LogP contribution in [0.25, 0.3) is 11.3 Å². The minimum Gasteiger partial charge on any atom is -0.507 e. The molecule has 7 nitrogen and oxygen atoms in total. The fourth-order valence-electron chi connectivity index (χ4n) is 2.44. The van der Waals surface area contributed by atoms with Gasteiger partial charge in [0, 0.05) is 17.2 Å². The van der Waals surface area contributed by atoms with Gasteiger partial charge in [-0.05, 0) is 43.3 Å². The highest BCUT2D eigenvalue weighted by molar-refractivity contribution is 6.01. The van der Waals surface area contributed by atoms with Crippen molar-refractivity contribution in [2.24, 2.45) is 5.10 Å². The Morgan fingerprint density at radius 2 is 1.89 bits per heavy atom. The van der Waals surface area contributed by atoms with E-state index in [2.05, 4.69) is 20.5 Å². The lowest BCUT2D eigenvalue weighted by molar-refractivity contribution is 0.415. The fraction of sp³-hybridized carbons (Fsp3) is 0.100. The zero-order chi connectivity index (χ0) is 19.2. The van der Waals surface area contributed by atoms with Crippen LogP contribution in [0.5, 0.6) is 11.5 Å². The molecule has 0 saturated heterocycles. The molecule has 0 unspecified atom stereocenters. The Morgan fingerprint density at radius 3 is 2.56 bits per heavy atom. The van der Waals surface area contributed by atoms with E-state index >= 15 is 0 Å². The monoisotopic (exact) mass is 359 g/mol. The molecule has 2 aromatic carbocycles. The Morgan fingerprint density at radius 1 is 1.15 bits per heavy atom. The quantitative estimate of drug-likeness (QED) is 0.533. The minimum absolute atomic E-state index is 0.131. The molecule has 2 N–H and O–H groups in total. The van der Waals surface area contributed by atoms with E-state index in [0.717, 1.165) is 11.3 Å². The summed E-state index contributed by atoms with van der Waals surface area (Å²) in [5.41, 5.74) is 5.53. The average Bonchev–Trinajstić information content (AvgIpc) is 2.72. The van der Waals surface area contributed by atoms with Crippen LogP contribution in [0, 0.1) is 11.3 Å². The van der Waals surface area contributed by atoms with Gasteiger partial charge in [0.1, 0.15) is 23.3 Å². The van der Waals surface area contributed by atoms with Crippen LogP contribution >= 0.6 is 0 Å². The third-order valence-corrected chi connectivity index (χ3v) is 3.84. The Hall–Kier alpha value is -3.92. The van der Waals surface area contributed by atoms with Gasteiger partial charge >= 0.3 is 0 Å². The summed E-state index contributed by atoms with van der Waals surface area (Å²) in [6.07, 6.45) is 0. The van der Waals surface area contributed by atoms with E-state index in [-0.39, 0.29) is 17.4 Å². The molecule has 27 heavy (non-hydrogen) atoms. The predicted molar refractivity (Wildman–Crippen MR) is 103 cm³/mol. The summed E-state index contributed by atoms with van der Waals surface area (Å²) in [4.78, 5) is 8.53. The van der Waals surface area contributed by atoms with Crippen LogP contribution in [0.2, 0.25) is 0 Å². The minimum atomic E-state index is 0.131. The van der Waals surface area contributed by atoms with Gasteiger partial charge in [-0.2, -0.15) is 10.4 Å². The summed E-state index contributed by atoms with van der Waals surface area (Å²) in [5, 5.41) is 23.4. The maximum atomic E-state index is 9.90. The molecule has 1 aromatic heterocycles. The van der Waals surface area contributed by atoms with E-state index in [1.54, 1.807) is 38.3 Å². The zero-order valence-electron chi connectivity index (χ0n) is 14.8. The molecule has 0 amide bonds. The first kappa shape index (κ1) is 17.9.